The molecule has 1 heterocycles. The summed E-state index contributed by atoms with van der Waals surface area (Å²) in [5.41, 5.74) is 0.993. The van der Waals surface area contributed by atoms with Crippen LogP contribution < -0.4 is 0 Å². The van der Waals surface area contributed by atoms with Crippen LogP contribution in [-0.4, -0.2) is 23.1 Å². The van der Waals surface area contributed by atoms with Gasteiger partial charge in [0.05, 0.1) is 12.7 Å². The van der Waals surface area contributed by atoms with Crippen molar-refractivity contribution in [2.75, 3.05) is 6.61 Å². The van der Waals surface area contributed by atoms with Crippen LogP contribution in [0.2, 0.25) is 0 Å². The first-order valence-corrected chi connectivity index (χ1v) is 7.05. The minimum absolute atomic E-state index is 0.0948. The van der Waals surface area contributed by atoms with Gasteiger partial charge in [-0.25, -0.2) is 0 Å². The molecule has 1 fully saturated rings. The molecule has 1 aromatic rings. The zero-order valence-corrected chi connectivity index (χ0v) is 11.6. The summed E-state index contributed by atoms with van der Waals surface area (Å²) >= 11 is 5.27. The number of rotatable bonds is 3. The van der Waals surface area contributed by atoms with Gasteiger partial charge in [-0.2, -0.15) is 0 Å². The number of halogens is 1. The van der Waals surface area contributed by atoms with Crippen molar-refractivity contribution in [2.24, 2.45) is 0 Å². The maximum absolute atomic E-state index is 9.29. The van der Waals surface area contributed by atoms with E-state index in [4.69, 9.17) is 4.74 Å². The smallest absolute Gasteiger partial charge is 0.0692 e. The first-order valence-electron chi connectivity index (χ1n) is 5.38. The average Bonchev–Trinajstić information content (AvgIpc) is 2.65. The maximum atomic E-state index is 9.29. The molecular weight excluding hydrogens is 288 g/mol. The molecule has 0 amide bonds. The molecule has 4 heteroatoms. The van der Waals surface area contributed by atoms with Gasteiger partial charge in [-0.3, -0.25) is 0 Å². The second-order valence-corrected chi connectivity index (χ2v) is 6.13. The molecule has 0 spiro atoms. The van der Waals surface area contributed by atoms with Crippen molar-refractivity contribution in [3.05, 3.63) is 28.2 Å². The van der Waals surface area contributed by atoms with Crippen LogP contribution in [0.25, 0.3) is 0 Å². The summed E-state index contributed by atoms with van der Waals surface area (Å²) in [5, 5.41) is 9.79. The Kier molecular flexibility index (Phi) is 4.30. The monoisotopic (exact) mass is 302 g/mol. The normalized spacial score (nSPS) is 24.9. The second-order valence-electron chi connectivity index (χ2n) is 3.93. The van der Waals surface area contributed by atoms with E-state index in [0.29, 0.717) is 11.4 Å². The molecule has 1 aliphatic rings. The number of hydrogen-bond acceptors (Lipinski definition) is 3. The molecule has 2 atom stereocenters. The van der Waals surface area contributed by atoms with Gasteiger partial charge in [-0.05, 0) is 31.0 Å². The van der Waals surface area contributed by atoms with Gasteiger partial charge < -0.3 is 9.84 Å². The van der Waals surface area contributed by atoms with E-state index in [2.05, 4.69) is 28.9 Å². The molecule has 2 unspecified atom stereocenters. The number of benzene rings is 1. The molecular formula is C12H15BrO2S. The lowest BCUT2D eigenvalue weighted by Gasteiger charge is -2.15. The fourth-order valence-corrected chi connectivity index (χ4v) is 3.60. The van der Waals surface area contributed by atoms with Crippen molar-refractivity contribution >= 4 is 27.7 Å². The third-order valence-electron chi connectivity index (χ3n) is 2.78. The molecule has 88 valence electrons. The van der Waals surface area contributed by atoms with Gasteiger partial charge >= 0.3 is 0 Å². The van der Waals surface area contributed by atoms with E-state index < -0.39 is 0 Å². The fraction of sp³-hybridized carbons (Fsp3) is 0.500. The van der Waals surface area contributed by atoms with Crippen LogP contribution in [0.3, 0.4) is 0 Å². The lowest BCUT2D eigenvalue weighted by molar-refractivity contribution is 0.127. The zero-order valence-electron chi connectivity index (χ0n) is 9.15. The first-order chi connectivity index (χ1) is 7.70. The van der Waals surface area contributed by atoms with Crippen molar-refractivity contribution in [2.45, 2.75) is 36.2 Å². The summed E-state index contributed by atoms with van der Waals surface area (Å²) in [7, 11) is 0. The minimum Gasteiger partial charge on any atom is -0.392 e. The average molecular weight is 303 g/mol. The van der Waals surface area contributed by atoms with Crippen LogP contribution in [-0.2, 0) is 11.3 Å². The molecule has 1 N–H and O–H groups in total. The van der Waals surface area contributed by atoms with Crippen LogP contribution in [0.1, 0.15) is 18.9 Å². The number of ether oxygens (including phenoxy) is 1. The Balaban J connectivity index is 2.16. The maximum Gasteiger partial charge on any atom is 0.0692 e. The zero-order chi connectivity index (χ0) is 11.5. The Bertz CT molecular complexity index is 370. The van der Waals surface area contributed by atoms with E-state index in [1.54, 1.807) is 0 Å². The molecule has 2 rings (SSSR count). The van der Waals surface area contributed by atoms with Crippen LogP contribution in [0.5, 0.6) is 0 Å². The van der Waals surface area contributed by atoms with Crippen molar-refractivity contribution < 1.29 is 9.84 Å². The Labute approximate surface area is 109 Å². The molecule has 1 saturated heterocycles. The van der Waals surface area contributed by atoms with E-state index >= 15 is 0 Å². The molecule has 0 saturated carbocycles. The van der Waals surface area contributed by atoms with E-state index in [1.165, 1.54) is 0 Å². The predicted octanol–water partition coefficient (Wildman–Crippen LogP) is 3.21. The minimum atomic E-state index is 0.0948. The van der Waals surface area contributed by atoms with Gasteiger partial charge in [-0.1, -0.05) is 22.0 Å². The lowest BCUT2D eigenvalue weighted by Crippen LogP contribution is -2.13. The summed E-state index contributed by atoms with van der Waals surface area (Å²) in [4.78, 5) is 1.15. The van der Waals surface area contributed by atoms with Crippen molar-refractivity contribution in [3.8, 4) is 0 Å². The second kappa shape index (κ2) is 5.54. The van der Waals surface area contributed by atoms with Crippen molar-refractivity contribution in [1.29, 1.82) is 0 Å². The van der Waals surface area contributed by atoms with Gasteiger partial charge in [0, 0.05) is 21.2 Å². The van der Waals surface area contributed by atoms with Crippen LogP contribution in [0.4, 0.5) is 0 Å². The van der Waals surface area contributed by atoms with Gasteiger partial charge in [-0.15, -0.1) is 11.8 Å². The summed E-state index contributed by atoms with van der Waals surface area (Å²) in [6.45, 7) is 3.06. The topological polar surface area (TPSA) is 29.5 Å². The van der Waals surface area contributed by atoms with Gasteiger partial charge in [0.1, 0.15) is 0 Å². The molecule has 2 nitrogen and oxygen atoms in total. The fourth-order valence-electron chi connectivity index (χ4n) is 1.80. The van der Waals surface area contributed by atoms with Gasteiger partial charge in [0.15, 0.2) is 0 Å². The number of aliphatic hydroxyl groups excluding tert-OH is 1. The van der Waals surface area contributed by atoms with Crippen LogP contribution in [0.15, 0.2) is 27.6 Å². The molecule has 16 heavy (non-hydrogen) atoms. The highest BCUT2D eigenvalue weighted by atomic mass is 79.9. The van der Waals surface area contributed by atoms with Gasteiger partial charge in [0.25, 0.3) is 0 Å². The Morgan fingerprint density at radius 2 is 2.38 bits per heavy atom. The summed E-state index contributed by atoms with van der Waals surface area (Å²) < 4.78 is 6.60. The Morgan fingerprint density at radius 3 is 3.00 bits per heavy atom. The van der Waals surface area contributed by atoms with E-state index in [0.717, 1.165) is 28.0 Å². The van der Waals surface area contributed by atoms with Crippen molar-refractivity contribution in [3.63, 3.8) is 0 Å². The highest BCUT2D eigenvalue weighted by Gasteiger charge is 2.25. The number of thioether (sulfide) groups is 1. The lowest BCUT2D eigenvalue weighted by atomic mass is 10.2. The Hall–Kier alpha value is -0.0300. The summed E-state index contributed by atoms with van der Waals surface area (Å²) in [6, 6.07) is 6.00. The standard InChI is InChI=1S/C12H15BrO2S/c1-8-11(4-5-15-8)16-12-6-10(13)3-2-9(12)7-14/h2-3,6,8,11,14H,4-5,7H2,1H3. The van der Waals surface area contributed by atoms with Crippen LogP contribution >= 0.6 is 27.7 Å². The summed E-state index contributed by atoms with van der Waals surface area (Å²) in [5.74, 6) is 0. The van der Waals surface area contributed by atoms with E-state index in [1.807, 2.05) is 23.9 Å². The third kappa shape index (κ3) is 2.80. The molecule has 0 radical (unpaired) electrons. The molecule has 1 aromatic carbocycles. The first kappa shape index (κ1) is 12.4. The van der Waals surface area contributed by atoms with Crippen LogP contribution in [0, 0.1) is 0 Å². The summed E-state index contributed by atoms with van der Waals surface area (Å²) in [6.07, 6.45) is 1.39. The predicted molar refractivity (Wildman–Crippen MR) is 69.7 cm³/mol. The SMILES string of the molecule is CC1OCCC1Sc1cc(Br)ccc1CO. The molecule has 0 bridgehead atoms. The van der Waals surface area contributed by atoms with Crippen molar-refractivity contribution in [1.82, 2.24) is 0 Å². The Morgan fingerprint density at radius 1 is 1.56 bits per heavy atom. The molecule has 1 aliphatic heterocycles. The highest BCUT2D eigenvalue weighted by molar-refractivity contribution is 9.10. The van der Waals surface area contributed by atoms with E-state index in [-0.39, 0.29) is 6.61 Å². The van der Waals surface area contributed by atoms with E-state index in [9.17, 15) is 5.11 Å². The molecule has 0 aliphatic carbocycles. The third-order valence-corrected chi connectivity index (χ3v) is 4.83. The van der Waals surface area contributed by atoms with Gasteiger partial charge in [0.2, 0.25) is 0 Å². The molecule has 0 aromatic heterocycles. The number of aliphatic hydroxyl groups is 1. The quantitative estimate of drug-likeness (QED) is 0.930. The number of hydrogen-bond donors (Lipinski definition) is 1. The largest absolute Gasteiger partial charge is 0.392 e. The highest BCUT2D eigenvalue weighted by Crippen LogP contribution is 2.35.